The van der Waals surface area contributed by atoms with Crippen molar-refractivity contribution in [3.05, 3.63) is 123 Å². The van der Waals surface area contributed by atoms with Crippen molar-refractivity contribution in [2.75, 3.05) is 11.9 Å². The molecule has 0 atom stereocenters. The first kappa shape index (κ1) is 25.8. The molecule has 1 aromatic heterocycles. The van der Waals surface area contributed by atoms with Crippen molar-refractivity contribution < 1.29 is 18.0 Å². The fraction of sp³-hybridized carbons (Fsp3) is 0.172. The van der Waals surface area contributed by atoms with E-state index in [9.17, 15) is 22.8 Å². The monoisotopic (exact) mass is 505 g/mol. The highest BCUT2D eigenvalue weighted by molar-refractivity contribution is 5.93. The number of rotatable bonds is 6. The predicted molar refractivity (Wildman–Crippen MR) is 139 cm³/mol. The zero-order valence-corrected chi connectivity index (χ0v) is 20.6. The molecule has 4 rings (SSSR count). The lowest BCUT2D eigenvalue weighted by atomic mass is 10.1. The van der Waals surface area contributed by atoms with Crippen LogP contribution in [0.25, 0.3) is 5.69 Å². The molecule has 1 heterocycles. The van der Waals surface area contributed by atoms with Gasteiger partial charge < -0.3 is 10.2 Å². The highest BCUT2D eigenvalue weighted by Crippen LogP contribution is 2.31. The van der Waals surface area contributed by atoms with Crippen molar-refractivity contribution >= 4 is 17.3 Å². The first-order chi connectivity index (χ1) is 17.6. The number of nitrogens with zero attached hydrogens (tertiary/aromatic N) is 2. The highest BCUT2D eigenvalue weighted by atomic mass is 19.4. The maximum absolute atomic E-state index is 13.2. The van der Waals surface area contributed by atoms with Crippen LogP contribution in [0.2, 0.25) is 0 Å². The van der Waals surface area contributed by atoms with Gasteiger partial charge in [0.15, 0.2) is 0 Å². The quantitative estimate of drug-likeness (QED) is 0.341. The van der Waals surface area contributed by atoms with Gasteiger partial charge >= 0.3 is 6.18 Å². The summed E-state index contributed by atoms with van der Waals surface area (Å²) < 4.78 is 40.7. The molecule has 37 heavy (non-hydrogen) atoms. The largest absolute Gasteiger partial charge is 0.416 e. The van der Waals surface area contributed by atoms with Gasteiger partial charge in [-0.3, -0.25) is 14.2 Å². The molecule has 0 aliphatic rings. The number of carbonyl (C=O) groups excluding carboxylic acids is 1. The molecular formula is C29H26F3N3O2. The fourth-order valence-electron chi connectivity index (χ4n) is 4.10. The summed E-state index contributed by atoms with van der Waals surface area (Å²) in [4.78, 5) is 27.9. The lowest BCUT2D eigenvalue weighted by molar-refractivity contribution is -0.137. The molecule has 1 amide bonds. The number of para-hydroxylation sites is 1. The van der Waals surface area contributed by atoms with E-state index in [0.29, 0.717) is 5.56 Å². The Morgan fingerprint density at radius 1 is 0.919 bits per heavy atom. The summed E-state index contributed by atoms with van der Waals surface area (Å²) in [5, 5.41) is 2.73. The molecule has 0 spiro atoms. The third-order valence-corrected chi connectivity index (χ3v) is 6.24. The molecule has 5 nitrogen and oxygen atoms in total. The van der Waals surface area contributed by atoms with Crippen molar-refractivity contribution in [3.63, 3.8) is 0 Å². The number of aryl methyl sites for hydroxylation is 2. The number of carbonyl (C=O) groups is 1. The summed E-state index contributed by atoms with van der Waals surface area (Å²) >= 11 is 0. The molecule has 0 bridgehead atoms. The number of amides is 1. The van der Waals surface area contributed by atoms with Crippen molar-refractivity contribution in [1.29, 1.82) is 0 Å². The minimum absolute atomic E-state index is 0.0721. The van der Waals surface area contributed by atoms with E-state index in [2.05, 4.69) is 10.2 Å². The summed E-state index contributed by atoms with van der Waals surface area (Å²) in [6, 6.07) is 21.7. The van der Waals surface area contributed by atoms with Crippen LogP contribution < -0.4 is 15.8 Å². The van der Waals surface area contributed by atoms with Gasteiger partial charge in [-0.2, -0.15) is 13.2 Å². The van der Waals surface area contributed by atoms with E-state index < -0.39 is 23.2 Å². The molecule has 0 fully saturated rings. The smallest absolute Gasteiger partial charge is 0.348 e. The maximum atomic E-state index is 13.2. The first-order valence-corrected chi connectivity index (χ1v) is 11.6. The van der Waals surface area contributed by atoms with Crippen LogP contribution in [0.15, 0.2) is 89.9 Å². The zero-order valence-electron chi connectivity index (χ0n) is 20.6. The molecular weight excluding hydrogens is 479 g/mol. The van der Waals surface area contributed by atoms with Crippen molar-refractivity contribution in [1.82, 2.24) is 9.88 Å². The predicted octanol–water partition coefficient (Wildman–Crippen LogP) is 6.17. The van der Waals surface area contributed by atoms with Crippen molar-refractivity contribution in [2.24, 2.45) is 0 Å². The molecule has 4 aromatic rings. The van der Waals surface area contributed by atoms with Gasteiger partial charge in [0.1, 0.15) is 5.56 Å². The second-order valence-corrected chi connectivity index (χ2v) is 8.79. The standard InChI is InChI=1S/C29H26F3N3O2/c1-19-7-4-5-9-25(19)34(3)23-14-11-21(12-15-23)18-33-27(36)24-8-6-16-35(28(24)37)26-17-22(29(30,31)32)13-10-20(26)2/h4-17H,18H2,1-3H3,(H,33,36). The van der Waals surface area contributed by atoms with Gasteiger partial charge in [0.2, 0.25) is 0 Å². The van der Waals surface area contributed by atoms with Gasteiger partial charge in [-0.15, -0.1) is 0 Å². The Kier molecular flexibility index (Phi) is 7.20. The van der Waals surface area contributed by atoms with Gasteiger partial charge in [0.05, 0.1) is 11.3 Å². The molecule has 0 aliphatic heterocycles. The number of pyridine rings is 1. The first-order valence-electron chi connectivity index (χ1n) is 11.6. The SMILES string of the molecule is Cc1ccccc1N(C)c1ccc(CNC(=O)c2cccn(-c3cc(C(F)(F)F)ccc3C)c2=O)cc1. The van der Waals surface area contributed by atoms with E-state index >= 15 is 0 Å². The number of alkyl halides is 3. The van der Waals surface area contributed by atoms with E-state index in [-0.39, 0.29) is 17.8 Å². The number of aromatic nitrogens is 1. The fourth-order valence-corrected chi connectivity index (χ4v) is 4.10. The third-order valence-electron chi connectivity index (χ3n) is 6.24. The lowest BCUT2D eigenvalue weighted by Crippen LogP contribution is -2.32. The topological polar surface area (TPSA) is 54.3 Å². The van der Waals surface area contributed by atoms with Crippen LogP contribution in [0.5, 0.6) is 0 Å². The zero-order chi connectivity index (χ0) is 26.7. The van der Waals surface area contributed by atoms with Crippen LogP contribution in [0.3, 0.4) is 0 Å². The van der Waals surface area contributed by atoms with Gasteiger partial charge in [-0.05, 0) is 73.0 Å². The number of hydrogen-bond acceptors (Lipinski definition) is 3. The van der Waals surface area contributed by atoms with E-state index in [1.165, 1.54) is 24.4 Å². The van der Waals surface area contributed by atoms with Crippen LogP contribution in [0.4, 0.5) is 24.5 Å². The average Bonchev–Trinajstić information content (AvgIpc) is 2.87. The molecule has 0 saturated carbocycles. The Labute approximate surface area is 212 Å². The maximum Gasteiger partial charge on any atom is 0.416 e. The van der Waals surface area contributed by atoms with Gasteiger partial charge in [-0.25, -0.2) is 0 Å². The second kappa shape index (κ2) is 10.3. The molecule has 0 saturated heterocycles. The molecule has 8 heteroatoms. The number of nitrogens with one attached hydrogen (secondary N) is 1. The second-order valence-electron chi connectivity index (χ2n) is 8.79. The Morgan fingerprint density at radius 2 is 1.62 bits per heavy atom. The van der Waals surface area contributed by atoms with Crippen molar-refractivity contribution in [3.8, 4) is 5.69 Å². The third kappa shape index (κ3) is 5.58. The summed E-state index contributed by atoms with van der Waals surface area (Å²) in [5.74, 6) is -0.606. The van der Waals surface area contributed by atoms with Crippen LogP contribution in [0, 0.1) is 13.8 Å². The average molecular weight is 506 g/mol. The molecule has 0 unspecified atom stereocenters. The van der Waals surface area contributed by atoms with Gasteiger partial charge in [0, 0.05) is 31.2 Å². The van der Waals surface area contributed by atoms with E-state index in [0.717, 1.165) is 39.2 Å². The molecule has 1 N–H and O–H groups in total. The van der Waals surface area contributed by atoms with E-state index in [1.807, 2.05) is 62.5 Å². The Hall–Kier alpha value is -4.33. The summed E-state index contributed by atoms with van der Waals surface area (Å²) in [6.45, 7) is 3.83. The van der Waals surface area contributed by atoms with E-state index in [1.54, 1.807) is 6.92 Å². The number of benzene rings is 3. The molecule has 0 radical (unpaired) electrons. The van der Waals surface area contributed by atoms with Crippen LogP contribution in [-0.2, 0) is 12.7 Å². The van der Waals surface area contributed by atoms with Crippen molar-refractivity contribution in [2.45, 2.75) is 26.6 Å². The lowest BCUT2D eigenvalue weighted by Gasteiger charge is -2.21. The summed E-state index contributed by atoms with van der Waals surface area (Å²) in [6.07, 6.45) is -3.20. The Balaban J connectivity index is 1.50. The Morgan fingerprint density at radius 3 is 2.30 bits per heavy atom. The van der Waals surface area contributed by atoms with Crippen LogP contribution in [0.1, 0.15) is 32.6 Å². The molecule has 190 valence electrons. The van der Waals surface area contributed by atoms with E-state index in [4.69, 9.17) is 0 Å². The minimum atomic E-state index is -4.55. The molecule has 0 aliphatic carbocycles. The minimum Gasteiger partial charge on any atom is -0.348 e. The number of anilines is 2. The normalized spacial score (nSPS) is 11.3. The Bertz CT molecular complexity index is 1490. The van der Waals surface area contributed by atoms with Gasteiger partial charge in [0.25, 0.3) is 11.5 Å². The number of hydrogen-bond donors (Lipinski definition) is 1. The summed E-state index contributed by atoms with van der Waals surface area (Å²) in [7, 11) is 1.98. The van der Waals surface area contributed by atoms with Crippen LogP contribution in [-0.4, -0.2) is 17.5 Å². The van der Waals surface area contributed by atoms with Crippen LogP contribution >= 0.6 is 0 Å². The summed E-state index contributed by atoms with van der Waals surface area (Å²) in [5.41, 5.74) is 2.87. The number of halogens is 3. The van der Waals surface area contributed by atoms with Gasteiger partial charge in [-0.1, -0.05) is 36.4 Å². The highest BCUT2D eigenvalue weighted by Gasteiger charge is 2.31. The molecule has 3 aromatic carbocycles.